The molecule has 0 aliphatic carbocycles. The molecule has 0 aliphatic heterocycles. The van der Waals surface area contributed by atoms with E-state index in [0.29, 0.717) is 0 Å². The Bertz CT molecular complexity index is 182. The number of rotatable bonds is 17. The van der Waals surface area contributed by atoms with Gasteiger partial charge in [0.25, 0.3) is 0 Å². The Hall–Kier alpha value is -0.0100. The summed E-state index contributed by atoms with van der Waals surface area (Å²) in [6.45, 7) is 8.11. The third-order valence-corrected chi connectivity index (χ3v) is 4.00. The van der Waals surface area contributed by atoms with E-state index in [2.05, 4.69) is 18.8 Å². The van der Waals surface area contributed by atoms with Crippen molar-refractivity contribution in [1.29, 1.82) is 0 Å². The molecule has 0 aliphatic rings. The summed E-state index contributed by atoms with van der Waals surface area (Å²) in [4.78, 5) is 0. The van der Waals surface area contributed by atoms with Crippen LogP contribution in [-0.4, -0.2) is 13.1 Å². The van der Waals surface area contributed by atoms with Crippen molar-refractivity contribution in [1.82, 2.24) is 5.32 Å². The van der Waals surface area contributed by atoms with Crippen LogP contribution in [0, 0.1) is 0 Å². The fourth-order valence-electron chi connectivity index (χ4n) is 2.65. The van der Waals surface area contributed by atoms with E-state index in [1.807, 2.05) is 6.08 Å². The molecular weight excluding hydrogens is 278 g/mol. The minimum atomic E-state index is 0. The first-order valence-electron chi connectivity index (χ1n) is 9.23. The van der Waals surface area contributed by atoms with Crippen LogP contribution in [0.5, 0.6) is 0 Å². The van der Waals surface area contributed by atoms with Gasteiger partial charge < -0.3 is 5.32 Å². The van der Waals surface area contributed by atoms with Crippen molar-refractivity contribution in [2.75, 3.05) is 13.1 Å². The fourth-order valence-corrected chi connectivity index (χ4v) is 2.65. The minimum Gasteiger partial charge on any atom is -0.313 e. The molecule has 0 aromatic heterocycles. The molecule has 0 spiro atoms. The molecule has 1 N–H and O–H groups in total. The van der Waals surface area contributed by atoms with Gasteiger partial charge >= 0.3 is 0 Å². The molecule has 0 aromatic rings. The van der Waals surface area contributed by atoms with Crippen LogP contribution in [0.3, 0.4) is 0 Å². The average Bonchev–Trinajstić information content (AvgIpc) is 2.47. The minimum absolute atomic E-state index is 0. The van der Waals surface area contributed by atoms with Crippen LogP contribution in [0.25, 0.3) is 0 Å². The van der Waals surface area contributed by atoms with Gasteiger partial charge in [0, 0.05) is 6.54 Å². The van der Waals surface area contributed by atoms with E-state index >= 15 is 0 Å². The number of nitrogens with one attached hydrogen (secondary N) is 1. The molecule has 0 aromatic carbocycles. The Balaban J connectivity index is 0. The van der Waals surface area contributed by atoms with Crippen molar-refractivity contribution in [3.63, 3.8) is 0 Å². The van der Waals surface area contributed by atoms with Crippen molar-refractivity contribution in [3.05, 3.63) is 12.7 Å². The summed E-state index contributed by atoms with van der Waals surface area (Å²) in [6, 6.07) is 0. The molecule has 1 nitrogen and oxygen atoms in total. The first kappa shape index (κ1) is 23.3. The zero-order valence-electron chi connectivity index (χ0n) is 14.5. The van der Waals surface area contributed by atoms with Crippen LogP contribution >= 0.6 is 12.4 Å². The highest BCUT2D eigenvalue weighted by atomic mass is 35.5. The highest BCUT2D eigenvalue weighted by molar-refractivity contribution is 5.85. The van der Waals surface area contributed by atoms with Crippen molar-refractivity contribution >= 4 is 12.4 Å². The van der Waals surface area contributed by atoms with Gasteiger partial charge in [-0.25, -0.2) is 0 Å². The fraction of sp³-hybridized carbons (Fsp3) is 0.895. The molecule has 0 atom stereocenters. The standard InChI is InChI=1S/C19H39N.ClH/c1-3-5-6-7-8-9-10-11-12-13-14-15-16-17-19-20-18-4-2;/h4,20H,2-3,5-19H2,1H3;1H. The third-order valence-electron chi connectivity index (χ3n) is 4.00. The van der Waals surface area contributed by atoms with Gasteiger partial charge in [0.1, 0.15) is 0 Å². The summed E-state index contributed by atoms with van der Waals surface area (Å²) in [5.74, 6) is 0. The predicted octanol–water partition coefficient (Wildman–Crippen LogP) is 6.67. The zero-order chi connectivity index (χ0) is 14.7. The quantitative estimate of drug-likeness (QED) is 0.233. The lowest BCUT2D eigenvalue weighted by Crippen LogP contribution is -2.14. The maximum Gasteiger partial charge on any atom is 0.0132 e. The molecule has 0 saturated carbocycles. The summed E-state index contributed by atoms with van der Waals surface area (Å²) in [5.41, 5.74) is 0. The summed E-state index contributed by atoms with van der Waals surface area (Å²) in [7, 11) is 0. The molecule has 0 bridgehead atoms. The van der Waals surface area contributed by atoms with Gasteiger partial charge in [0.15, 0.2) is 0 Å². The van der Waals surface area contributed by atoms with Crippen molar-refractivity contribution < 1.29 is 0 Å². The highest BCUT2D eigenvalue weighted by Crippen LogP contribution is 2.12. The lowest BCUT2D eigenvalue weighted by Gasteiger charge is -2.03. The summed E-state index contributed by atoms with van der Waals surface area (Å²) in [6.07, 6.45) is 22.0. The van der Waals surface area contributed by atoms with E-state index < -0.39 is 0 Å². The Morgan fingerprint density at radius 2 is 1.05 bits per heavy atom. The number of unbranched alkanes of at least 4 members (excludes halogenated alkanes) is 13. The SMILES string of the molecule is C=CCNCCCCCCCCCCCCCCCC.Cl. The third kappa shape index (κ3) is 22.4. The van der Waals surface area contributed by atoms with Crippen molar-refractivity contribution in [3.8, 4) is 0 Å². The molecule has 0 radical (unpaired) electrons. The van der Waals surface area contributed by atoms with Crippen LogP contribution < -0.4 is 5.32 Å². The van der Waals surface area contributed by atoms with Gasteiger partial charge in [-0.3, -0.25) is 0 Å². The average molecular weight is 318 g/mol. The predicted molar refractivity (Wildman–Crippen MR) is 101 cm³/mol. The zero-order valence-corrected chi connectivity index (χ0v) is 15.3. The summed E-state index contributed by atoms with van der Waals surface area (Å²) < 4.78 is 0. The van der Waals surface area contributed by atoms with E-state index in [1.165, 1.54) is 89.9 Å². The number of halogens is 1. The maximum atomic E-state index is 3.71. The van der Waals surface area contributed by atoms with E-state index in [4.69, 9.17) is 0 Å². The van der Waals surface area contributed by atoms with Gasteiger partial charge in [-0.1, -0.05) is 96.5 Å². The van der Waals surface area contributed by atoms with Crippen molar-refractivity contribution in [2.24, 2.45) is 0 Å². The molecule has 0 fully saturated rings. The molecule has 0 unspecified atom stereocenters. The molecular formula is C19H40ClN. The van der Waals surface area contributed by atoms with Crippen LogP contribution in [0.2, 0.25) is 0 Å². The monoisotopic (exact) mass is 317 g/mol. The first-order chi connectivity index (χ1) is 9.91. The number of hydrogen-bond acceptors (Lipinski definition) is 1. The number of hydrogen-bond donors (Lipinski definition) is 1. The van der Waals surface area contributed by atoms with Gasteiger partial charge in [-0.15, -0.1) is 19.0 Å². The molecule has 2 heteroatoms. The van der Waals surface area contributed by atoms with E-state index in [1.54, 1.807) is 0 Å². The Labute approximate surface area is 140 Å². The second kappa shape index (κ2) is 22.3. The van der Waals surface area contributed by atoms with Crippen LogP contribution in [0.4, 0.5) is 0 Å². The lowest BCUT2D eigenvalue weighted by atomic mass is 10.0. The molecule has 128 valence electrons. The second-order valence-corrected chi connectivity index (χ2v) is 6.09. The second-order valence-electron chi connectivity index (χ2n) is 6.09. The summed E-state index contributed by atoms with van der Waals surface area (Å²) >= 11 is 0. The van der Waals surface area contributed by atoms with Crippen LogP contribution in [-0.2, 0) is 0 Å². The van der Waals surface area contributed by atoms with Gasteiger partial charge in [0.2, 0.25) is 0 Å². The Morgan fingerprint density at radius 1 is 0.667 bits per heavy atom. The van der Waals surface area contributed by atoms with E-state index in [9.17, 15) is 0 Å². The molecule has 21 heavy (non-hydrogen) atoms. The smallest absolute Gasteiger partial charge is 0.0132 e. The molecule has 0 amide bonds. The normalized spacial score (nSPS) is 10.3. The Kier molecular flexibility index (Phi) is 24.7. The van der Waals surface area contributed by atoms with Crippen molar-refractivity contribution in [2.45, 2.75) is 96.8 Å². The highest BCUT2D eigenvalue weighted by Gasteiger charge is 1.93. The van der Waals surface area contributed by atoms with Crippen LogP contribution in [0.1, 0.15) is 96.8 Å². The van der Waals surface area contributed by atoms with Crippen LogP contribution in [0.15, 0.2) is 12.7 Å². The topological polar surface area (TPSA) is 12.0 Å². The molecule has 0 rings (SSSR count). The van der Waals surface area contributed by atoms with Gasteiger partial charge in [-0.05, 0) is 13.0 Å². The lowest BCUT2D eigenvalue weighted by molar-refractivity contribution is 0.532. The van der Waals surface area contributed by atoms with E-state index in [0.717, 1.165) is 13.1 Å². The van der Waals surface area contributed by atoms with Gasteiger partial charge in [-0.2, -0.15) is 0 Å². The maximum absolute atomic E-state index is 3.71. The molecule has 0 saturated heterocycles. The Morgan fingerprint density at radius 3 is 1.43 bits per heavy atom. The first-order valence-corrected chi connectivity index (χ1v) is 9.23. The summed E-state index contributed by atoms with van der Waals surface area (Å²) in [5, 5.41) is 3.36. The molecule has 0 heterocycles. The van der Waals surface area contributed by atoms with Gasteiger partial charge in [0.05, 0.1) is 0 Å². The largest absolute Gasteiger partial charge is 0.313 e. The van der Waals surface area contributed by atoms with E-state index in [-0.39, 0.29) is 12.4 Å².